The van der Waals surface area contributed by atoms with E-state index in [1.54, 1.807) is 0 Å². The normalized spacial score (nSPS) is 16.9. The number of anilines is 1. The molecule has 0 aliphatic carbocycles. The van der Waals surface area contributed by atoms with Crippen molar-refractivity contribution in [3.63, 3.8) is 0 Å². The number of carbonyl (C=O) groups is 1. The van der Waals surface area contributed by atoms with Crippen LogP contribution in [0.4, 0.5) is 5.69 Å². The van der Waals surface area contributed by atoms with Gasteiger partial charge in [-0.1, -0.05) is 18.2 Å². The summed E-state index contributed by atoms with van der Waals surface area (Å²) in [5, 5.41) is 6.15. The fourth-order valence-electron chi connectivity index (χ4n) is 2.17. The zero-order valence-electron chi connectivity index (χ0n) is 12.2. The Hall–Kier alpha value is -1.59. The lowest BCUT2D eigenvalue weighted by Gasteiger charge is -2.13. The lowest BCUT2D eigenvalue weighted by atomic mass is 10.1. The van der Waals surface area contributed by atoms with Gasteiger partial charge < -0.3 is 20.3 Å². The molecule has 1 aliphatic rings. The predicted molar refractivity (Wildman–Crippen MR) is 79.9 cm³/mol. The van der Waals surface area contributed by atoms with Crippen molar-refractivity contribution >= 4 is 11.6 Å². The largest absolute Gasteiger partial charge is 0.378 e. The predicted octanol–water partition coefficient (Wildman–Crippen LogP) is 0.718. The van der Waals surface area contributed by atoms with Gasteiger partial charge in [0, 0.05) is 25.2 Å². The van der Waals surface area contributed by atoms with Crippen molar-refractivity contribution in [2.45, 2.75) is 12.5 Å². The van der Waals surface area contributed by atoms with Crippen LogP contribution in [0.25, 0.3) is 0 Å². The van der Waals surface area contributed by atoms with Crippen molar-refractivity contribution in [2.24, 2.45) is 0 Å². The second-order valence-electron chi connectivity index (χ2n) is 5.26. The first kappa shape index (κ1) is 14.8. The van der Waals surface area contributed by atoms with Crippen molar-refractivity contribution in [1.29, 1.82) is 0 Å². The standard InChI is InChI=1S/C15H23N3O2/c1-18(2)8-10-20-9-7-16-15(19)14-11-12-5-3-4-6-13(12)17-14/h3-6,14,17H,7-11H2,1-2H3,(H,16,19). The van der Waals surface area contributed by atoms with Crippen LogP contribution in [0.5, 0.6) is 0 Å². The Balaban J connectivity index is 1.62. The first-order valence-corrected chi connectivity index (χ1v) is 7.01. The Kier molecular flexibility index (Phi) is 5.38. The molecule has 0 fully saturated rings. The van der Waals surface area contributed by atoms with Crippen LogP contribution in [0, 0.1) is 0 Å². The van der Waals surface area contributed by atoms with Gasteiger partial charge in [0.1, 0.15) is 6.04 Å². The molecule has 0 radical (unpaired) electrons. The third-order valence-electron chi connectivity index (χ3n) is 3.32. The van der Waals surface area contributed by atoms with Gasteiger partial charge in [-0.05, 0) is 25.7 Å². The van der Waals surface area contributed by atoms with E-state index in [0.29, 0.717) is 19.8 Å². The van der Waals surface area contributed by atoms with Crippen molar-refractivity contribution in [1.82, 2.24) is 10.2 Å². The number of para-hydroxylation sites is 1. The fraction of sp³-hybridized carbons (Fsp3) is 0.533. The van der Waals surface area contributed by atoms with Crippen molar-refractivity contribution in [3.05, 3.63) is 29.8 Å². The third kappa shape index (κ3) is 4.21. The minimum atomic E-state index is -0.158. The monoisotopic (exact) mass is 277 g/mol. The number of nitrogens with zero attached hydrogens (tertiary/aromatic N) is 1. The summed E-state index contributed by atoms with van der Waals surface area (Å²) in [7, 11) is 4.02. The smallest absolute Gasteiger partial charge is 0.242 e. The van der Waals surface area contributed by atoms with Crippen LogP contribution in [-0.2, 0) is 16.0 Å². The zero-order valence-corrected chi connectivity index (χ0v) is 12.2. The molecule has 1 aliphatic heterocycles. The van der Waals surface area contributed by atoms with Crippen LogP contribution in [0.2, 0.25) is 0 Å². The number of ether oxygens (including phenoxy) is 1. The summed E-state index contributed by atoms with van der Waals surface area (Å²) in [5.41, 5.74) is 2.27. The summed E-state index contributed by atoms with van der Waals surface area (Å²) >= 11 is 0. The lowest BCUT2D eigenvalue weighted by Crippen LogP contribution is -2.40. The highest BCUT2D eigenvalue weighted by Crippen LogP contribution is 2.24. The molecule has 1 aromatic carbocycles. The van der Waals surface area contributed by atoms with E-state index in [0.717, 1.165) is 18.7 Å². The molecule has 1 unspecified atom stereocenters. The topological polar surface area (TPSA) is 53.6 Å². The summed E-state index contributed by atoms with van der Waals surface area (Å²) in [4.78, 5) is 14.1. The maximum Gasteiger partial charge on any atom is 0.242 e. The van der Waals surface area contributed by atoms with Gasteiger partial charge in [0.05, 0.1) is 13.2 Å². The second-order valence-corrected chi connectivity index (χ2v) is 5.26. The van der Waals surface area contributed by atoms with E-state index in [1.807, 2.05) is 32.3 Å². The number of hydrogen-bond acceptors (Lipinski definition) is 4. The average Bonchev–Trinajstić information content (AvgIpc) is 2.86. The van der Waals surface area contributed by atoms with E-state index < -0.39 is 0 Å². The molecule has 0 spiro atoms. The molecule has 1 heterocycles. The van der Waals surface area contributed by atoms with E-state index >= 15 is 0 Å². The maximum absolute atomic E-state index is 12.0. The molecular weight excluding hydrogens is 254 g/mol. The van der Waals surface area contributed by atoms with E-state index in [4.69, 9.17) is 4.74 Å². The van der Waals surface area contributed by atoms with Gasteiger partial charge in [0.25, 0.3) is 0 Å². The summed E-state index contributed by atoms with van der Waals surface area (Å²) in [6, 6.07) is 7.88. The summed E-state index contributed by atoms with van der Waals surface area (Å²) in [5.74, 6) is 0.0393. The quantitative estimate of drug-likeness (QED) is 0.721. The van der Waals surface area contributed by atoms with Gasteiger partial charge in [-0.3, -0.25) is 4.79 Å². The first-order chi connectivity index (χ1) is 9.66. The van der Waals surface area contributed by atoms with Crippen LogP contribution < -0.4 is 10.6 Å². The number of carbonyl (C=O) groups excluding carboxylic acids is 1. The molecule has 1 amide bonds. The van der Waals surface area contributed by atoms with Gasteiger partial charge in [-0.25, -0.2) is 0 Å². The maximum atomic E-state index is 12.0. The number of benzene rings is 1. The molecule has 5 heteroatoms. The molecule has 1 aromatic rings. The summed E-state index contributed by atoms with van der Waals surface area (Å²) in [6.45, 7) is 2.70. The highest BCUT2D eigenvalue weighted by atomic mass is 16.5. The summed E-state index contributed by atoms with van der Waals surface area (Å²) in [6.07, 6.45) is 0.753. The highest BCUT2D eigenvalue weighted by molar-refractivity contribution is 5.87. The SMILES string of the molecule is CN(C)CCOCCNC(=O)C1Cc2ccccc2N1. The van der Waals surface area contributed by atoms with Crippen molar-refractivity contribution in [3.8, 4) is 0 Å². The van der Waals surface area contributed by atoms with Crippen LogP contribution in [0.1, 0.15) is 5.56 Å². The van der Waals surface area contributed by atoms with E-state index in [1.165, 1.54) is 5.56 Å². The molecule has 0 bridgehead atoms. The number of rotatable bonds is 7. The molecular formula is C15H23N3O2. The van der Waals surface area contributed by atoms with Crippen LogP contribution in [-0.4, -0.2) is 57.2 Å². The number of nitrogens with one attached hydrogen (secondary N) is 2. The van der Waals surface area contributed by atoms with E-state index in [2.05, 4.69) is 21.6 Å². The number of likely N-dealkylation sites (N-methyl/N-ethyl adjacent to an activating group) is 1. The van der Waals surface area contributed by atoms with E-state index in [9.17, 15) is 4.79 Å². The van der Waals surface area contributed by atoms with Gasteiger partial charge in [-0.15, -0.1) is 0 Å². The average molecular weight is 277 g/mol. The van der Waals surface area contributed by atoms with Crippen molar-refractivity contribution in [2.75, 3.05) is 45.7 Å². The van der Waals surface area contributed by atoms with Crippen LogP contribution in [0.15, 0.2) is 24.3 Å². The zero-order chi connectivity index (χ0) is 14.4. The summed E-state index contributed by atoms with van der Waals surface area (Å²) < 4.78 is 5.44. The molecule has 0 saturated heterocycles. The number of hydrogen-bond donors (Lipinski definition) is 2. The Labute approximate surface area is 120 Å². The molecule has 110 valence electrons. The number of amides is 1. The molecule has 2 rings (SSSR count). The third-order valence-corrected chi connectivity index (χ3v) is 3.32. The Morgan fingerprint density at radius 1 is 1.40 bits per heavy atom. The number of fused-ring (bicyclic) bond motifs is 1. The van der Waals surface area contributed by atoms with Crippen molar-refractivity contribution < 1.29 is 9.53 Å². The highest BCUT2D eigenvalue weighted by Gasteiger charge is 2.25. The van der Waals surface area contributed by atoms with E-state index in [-0.39, 0.29) is 11.9 Å². The molecule has 0 saturated carbocycles. The fourth-order valence-corrected chi connectivity index (χ4v) is 2.17. The lowest BCUT2D eigenvalue weighted by molar-refractivity contribution is -0.121. The molecule has 5 nitrogen and oxygen atoms in total. The second kappa shape index (κ2) is 7.26. The molecule has 20 heavy (non-hydrogen) atoms. The Bertz CT molecular complexity index is 423. The minimum absolute atomic E-state index is 0.0393. The van der Waals surface area contributed by atoms with Crippen LogP contribution >= 0.6 is 0 Å². The van der Waals surface area contributed by atoms with Gasteiger partial charge in [0.15, 0.2) is 0 Å². The molecule has 1 atom stereocenters. The van der Waals surface area contributed by atoms with Gasteiger partial charge >= 0.3 is 0 Å². The van der Waals surface area contributed by atoms with Crippen LogP contribution in [0.3, 0.4) is 0 Å². The molecule has 0 aromatic heterocycles. The minimum Gasteiger partial charge on any atom is -0.378 e. The van der Waals surface area contributed by atoms with Gasteiger partial charge in [0.2, 0.25) is 5.91 Å². The Morgan fingerprint density at radius 3 is 2.95 bits per heavy atom. The van der Waals surface area contributed by atoms with Gasteiger partial charge in [-0.2, -0.15) is 0 Å². The first-order valence-electron chi connectivity index (χ1n) is 7.01. The Morgan fingerprint density at radius 2 is 2.20 bits per heavy atom. The molecule has 2 N–H and O–H groups in total.